The molecule has 1 saturated heterocycles. The Morgan fingerprint density at radius 1 is 1.50 bits per heavy atom. The third kappa shape index (κ3) is 2.28. The van der Waals surface area contributed by atoms with E-state index in [-0.39, 0.29) is 6.04 Å². The smallest absolute Gasteiger partial charge is 0.0662 e. The maximum absolute atomic E-state index is 6.11. The molecule has 1 aliphatic heterocycles. The Labute approximate surface area is 96.7 Å². The molecule has 0 spiro atoms. The second-order valence-corrected chi connectivity index (χ2v) is 4.57. The van der Waals surface area contributed by atoms with Gasteiger partial charge in [0.15, 0.2) is 0 Å². The highest BCUT2D eigenvalue weighted by atomic mass is 79.9. The van der Waals surface area contributed by atoms with Gasteiger partial charge in [0.1, 0.15) is 0 Å². The monoisotopic (exact) mass is 275 g/mol. The number of hydrogen-bond donors (Lipinski definition) is 1. The highest BCUT2D eigenvalue weighted by Gasteiger charge is 2.17. The van der Waals surface area contributed by atoms with Gasteiger partial charge in [0.25, 0.3) is 0 Å². The second kappa shape index (κ2) is 4.62. The van der Waals surface area contributed by atoms with Crippen molar-refractivity contribution in [2.45, 2.75) is 6.04 Å². The minimum absolute atomic E-state index is 0.216. The molecule has 0 unspecified atom stereocenters. The van der Waals surface area contributed by atoms with Crippen LogP contribution in [0.15, 0.2) is 22.7 Å². The summed E-state index contributed by atoms with van der Waals surface area (Å²) in [5.41, 5.74) is 1.10. The summed E-state index contributed by atoms with van der Waals surface area (Å²) in [6.45, 7) is 2.35. The summed E-state index contributed by atoms with van der Waals surface area (Å²) in [5.74, 6) is 0. The molecule has 0 radical (unpaired) electrons. The number of hydrogen-bond acceptors (Lipinski definition) is 2. The maximum Gasteiger partial charge on any atom is 0.0662 e. The van der Waals surface area contributed by atoms with Crippen LogP contribution >= 0.6 is 27.5 Å². The molecule has 1 aromatic rings. The van der Waals surface area contributed by atoms with Gasteiger partial charge in [0.2, 0.25) is 0 Å². The molecule has 76 valence electrons. The minimum Gasteiger partial charge on any atom is -0.378 e. The molecular formula is C10H11BrClNO. The van der Waals surface area contributed by atoms with E-state index in [2.05, 4.69) is 21.2 Å². The van der Waals surface area contributed by atoms with E-state index in [9.17, 15) is 0 Å². The van der Waals surface area contributed by atoms with Crippen LogP contribution in [0.5, 0.6) is 0 Å². The molecule has 4 heteroatoms. The number of rotatable bonds is 1. The average molecular weight is 277 g/mol. The molecule has 1 N–H and O–H groups in total. The zero-order chi connectivity index (χ0) is 9.97. The van der Waals surface area contributed by atoms with Crippen molar-refractivity contribution in [3.63, 3.8) is 0 Å². The van der Waals surface area contributed by atoms with Gasteiger partial charge in [0, 0.05) is 16.0 Å². The fourth-order valence-corrected chi connectivity index (χ4v) is 2.17. The fourth-order valence-electron chi connectivity index (χ4n) is 1.55. The van der Waals surface area contributed by atoms with Crippen molar-refractivity contribution in [3.8, 4) is 0 Å². The summed E-state index contributed by atoms with van der Waals surface area (Å²) >= 11 is 9.55. The third-order valence-corrected chi connectivity index (χ3v) is 3.09. The van der Waals surface area contributed by atoms with E-state index in [0.717, 1.165) is 28.2 Å². The largest absolute Gasteiger partial charge is 0.378 e. The summed E-state index contributed by atoms with van der Waals surface area (Å²) in [6, 6.07) is 6.09. The molecule has 0 amide bonds. The van der Waals surface area contributed by atoms with Gasteiger partial charge in [-0.25, -0.2) is 0 Å². The van der Waals surface area contributed by atoms with Crippen molar-refractivity contribution in [3.05, 3.63) is 33.3 Å². The summed E-state index contributed by atoms with van der Waals surface area (Å²) < 4.78 is 6.44. The second-order valence-electron chi connectivity index (χ2n) is 3.25. The van der Waals surface area contributed by atoms with Crippen LogP contribution in [0.1, 0.15) is 11.6 Å². The van der Waals surface area contributed by atoms with Crippen molar-refractivity contribution < 1.29 is 4.74 Å². The molecule has 1 aromatic carbocycles. The molecule has 0 saturated carbocycles. The van der Waals surface area contributed by atoms with Crippen LogP contribution in [0.25, 0.3) is 0 Å². The lowest BCUT2D eigenvalue weighted by atomic mass is 10.1. The molecule has 0 bridgehead atoms. The Bertz CT molecular complexity index is 326. The van der Waals surface area contributed by atoms with E-state index in [0.29, 0.717) is 6.61 Å². The molecule has 0 aliphatic carbocycles. The molecule has 14 heavy (non-hydrogen) atoms. The Hall–Kier alpha value is -0.0900. The van der Waals surface area contributed by atoms with Gasteiger partial charge in [-0.1, -0.05) is 27.5 Å². The van der Waals surface area contributed by atoms with E-state index in [1.165, 1.54) is 0 Å². The molecule has 1 aliphatic rings. The van der Waals surface area contributed by atoms with Crippen molar-refractivity contribution in [2.75, 3.05) is 19.8 Å². The Morgan fingerprint density at radius 2 is 2.36 bits per heavy atom. The third-order valence-electron chi connectivity index (χ3n) is 2.26. The first-order valence-corrected chi connectivity index (χ1v) is 5.70. The van der Waals surface area contributed by atoms with Crippen molar-refractivity contribution in [2.24, 2.45) is 0 Å². The lowest BCUT2D eigenvalue weighted by Gasteiger charge is -2.25. The van der Waals surface area contributed by atoms with E-state index in [1.807, 2.05) is 18.2 Å². The molecule has 0 aromatic heterocycles. The molecule has 1 fully saturated rings. The fraction of sp³-hybridized carbons (Fsp3) is 0.400. The van der Waals surface area contributed by atoms with Gasteiger partial charge in [-0.05, 0) is 23.8 Å². The van der Waals surface area contributed by atoms with E-state index >= 15 is 0 Å². The summed E-state index contributed by atoms with van der Waals surface area (Å²) in [6.07, 6.45) is 0. The molecule has 2 rings (SSSR count). The first-order valence-electron chi connectivity index (χ1n) is 4.53. The Balaban J connectivity index is 2.24. The summed E-state index contributed by atoms with van der Waals surface area (Å²) in [7, 11) is 0. The molecule has 1 heterocycles. The SMILES string of the molecule is Clc1ccc(Br)cc1[C@@H]1COCCN1. The lowest BCUT2D eigenvalue weighted by Crippen LogP contribution is -2.34. The molecular weight excluding hydrogens is 265 g/mol. The number of halogens is 2. The van der Waals surface area contributed by atoms with Gasteiger partial charge < -0.3 is 10.1 Å². The van der Waals surface area contributed by atoms with Crippen LogP contribution in [0.2, 0.25) is 5.02 Å². The van der Waals surface area contributed by atoms with Gasteiger partial charge in [0.05, 0.1) is 19.3 Å². The van der Waals surface area contributed by atoms with Crippen molar-refractivity contribution in [1.29, 1.82) is 0 Å². The van der Waals surface area contributed by atoms with Crippen LogP contribution in [-0.4, -0.2) is 19.8 Å². The standard InChI is InChI=1S/C10H11BrClNO/c11-7-1-2-9(12)8(5-7)10-6-14-4-3-13-10/h1-2,5,10,13H,3-4,6H2/t10-/m0/s1. The van der Waals surface area contributed by atoms with Crippen LogP contribution in [-0.2, 0) is 4.74 Å². The number of morpholine rings is 1. The van der Waals surface area contributed by atoms with Gasteiger partial charge in [-0.2, -0.15) is 0 Å². The zero-order valence-corrected chi connectivity index (χ0v) is 9.94. The normalized spacial score (nSPS) is 22.3. The number of benzene rings is 1. The topological polar surface area (TPSA) is 21.3 Å². The maximum atomic E-state index is 6.11. The predicted molar refractivity (Wildman–Crippen MR) is 60.7 cm³/mol. The van der Waals surface area contributed by atoms with Crippen LogP contribution in [0.3, 0.4) is 0 Å². The zero-order valence-electron chi connectivity index (χ0n) is 7.59. The highest BCUT2D eigenvalue weighted by Crippen LogP contribution is 2.27. The van der Waals surface area contributed by atoms with Gasteiger partial charge in [-0.15, -0.1) is 0 Å². The summed E-state index contributed by atoms with van der Waals surface area (Å²) in [5, 5.41) is 4.16. The van der Waals surface area contributed by atoms with Crippen molar-refractivity contribution >= 4 is 27.5 Å². The first kappa shape index (κ1) is 10.4. The van der Waals surface area contributed by atoms with Gasteiger partial charge in [-0.3, -0.25) is 0 Å². The van der Waals surface area contributed by atoms with E-state index in [1.54, 1.807) is 0 Å². The van der Waals surface area contributed by atoms with Crippen LogP contribution in [0.4, 0.5) is 0 Å². The molecule has 1 atom stereocenters. The highest BCUT2D eigenvalue weighted by molar-refractivity contribution is 9.10. The van der Waals surface area contributed by atoms with E-state index in [4.69, 9.17) is 16.3 Å². The van der Waals surface area contributed by atoms with E-state index < -0.39 is 0 Å². The van der Waals surface area contributed by atoms with Crippen LogP contribution < -0.4 is 5.32 Å². The Morgan fingerprint density at radius 3 is 3.07 bits per heavy atom. The quantitative estimate of drug-likeness (QED) is 0.852. The van der Waals surface area contributed by atoms with Crippen molar-refractivity contribution in [1.82, 2.24) is 5.32 Å². The first-order chi connectivity index (χ1) is 6.77. The number of nitrogens with one attached hydrogen (secondary N) is 1. The average Bonchev–Trinajstić information content (AvgIpc) is 2.23. The Kier molecular flexibility index (Phi) is 3.44. The van der Waals surface area contributed by atoms with Crippen LogP contribution in [0, 0.1) is 0 Å². The molecule has 2 nitrogen and oxygen atoms in total. The minimum atomic E-state index is 0.216. The number of ether oxygens (including phenoxy) is 1. The predicted octanol–water partition coefficient (Wildman–Crippen LogP) is 2.76. The lowest BCUT2D eigenvalue weighted by molar-refractivity contribution is 0.0769. The summed E-state index contributed by atoms with van der Waals surface area (Å²) in [4.78, 5) is 0. The van der Waals surface area contributed by atoms with Gasteiger partial charge >= 0.3 is 0 Å².